The zero-order valence-electron chi connectivity index (χ0n) is 7.60. The van der Waals surface area contributed by atoms with Gasteiger partial charge in [0, 0.05) is 6.54 Å². The van der Waals surface area contributed by atoms with Gasteiger partial charge in [0.15, 0.2) is 0 Å². The van der Waals surface area contributed by atoms with Gasteiger partial charge in [-0.2, -0.15) is 13.1 Å². The third kappa shape index (κ3) is 3.73. The van der Waals surface area contributed by atoms with Gasteiger partial charge in [0.25, 0.3) is 0 Å². The van der Waals surface area contributed by atoms with E-state index in [1.165, 1.54) is 7.11 Å². The quantitative estimate of drug-likeness (QED) is 0.724. The predicted octanol–water partition coefficient (Wildman–Crippen LogP) is 0.588. The van der Waals surface area contributed by atoms with Gasteiger partial charge in [-0.25, -0.2) is 0 Å². The molecule has 0 atom stereocenters. The van der Waals surface area contributed by atoms with Crippen molar-refractivity contribution in [2.75, 3.05) is 7.11 Å². The molecule has 5 nitrogen and oxygen atoms in total. The van der Waals surface area contributed by atoms with Crippen molar-refractivity contribution < 1.29 is 17.7 Å². The van der Waals surface area contributed by atoms with E-state index in [1.54, 1.807) is 24.3 Å². The molecule has 78 valence electrons. The molecule has 6 heteroatoms. The van der Waals surface area contributed by atoms with Crippen molar-refractivity contribution in [1.82, 2.24) is 4.72 Å². The highest BCUT2D eigenvalue weighted by atomic mass is 32.2. The second-order valence-corrected chi connectivity index (χ2v) is 3.89. The van der Waals surface area contributed by atoms with Gasteiger partial charge >= 0.3 is 10.3 Å². The molecule has 0 radical (unpaired) electrons. The SMILES string of the molecule is COc1cccc(CNS(=O)(=O)O)c1. The molecule has 0 amide bonds. The fourth-order valence-electron chi connectivity index (χ4n) is 0.957. The number of nitrogens with one attached hydrogen (secondary N) is 1. The first-order valence-corrected chi connectivity index (χ1v) is 5.30. The highest BCUT2D eigenvalue weighted by Crippen LogP contribution is 2.12. The first kappa shape index (κ1) is 11.0. The van der Waals surface area contributed by atoms with Crippen LogP contribution in [0.3, 0.4) is 0 Å². The van der Waals surface area contributed by atoms with E-state index in [9.17, 15) is 8.42 Å². The molecule has 1 rings (SSSR count). The van der Waals surface area contributed by atoms with Crippen LogP contribution in [-0.2, 0) is 16.8 Å². The molecule has 0 bridgehead atoms. The third-order valence-electron chi connectivity index (χ3n) is 1.59. The van der Waals surface area contributed by atoms with E-state index in [0.717, 1.165) is 0 Å². The van der Waals surface area contributed by atoms with Crippen LogP contribution < -0.4 is 9.46 Å². The fraction of sp³-hybridized carbons (Fsp3) is 0.250. The normalized spacial score (nSPS) is 11.3. The maximum Gasteiger partial charge on any atom is 0.333 e. The molecule has 0 aliphatic heterocycles. The number of benzene rings is 1. The number of methoxy groups -OCH3 is 1. The second-order valence-electron chi connectivity index (χ2n) is 2.65. The van der Waals surface area contributed by atoms with Gasteiger partial charge in [-0.1, -0.05) is 12.1 Å². The van der Waals surface area contributed by atoms with Crippen molar-refractivity contribution in [2.24, 2.45) is 0 Å². The number of ether oxygens (including phenoxy) is 1. The molecule has 0 aliphatic carbocycles. The topological polar surface area (TPSA) is 75.6 Å². The molecule has 0 fully saturated rings. The van der Waals surface area contributed by atoms with E-state index < -0.39 is 10.3 Å². The Balaban J connectivity index is 2.68. The van der Waals surface area contributed by atoms with Gasteiger partial charge in [-0.3, -0.25) is 4.55 Å². The average Bonchev–Trinajstić information content (AvgIpc) is 2.14. The monoisotopic (exact) mass is 217 g/mol. The van der Waals surface area contributed by atoms with E-state index in [1.807, 2.05) is 4.72 Å². The van der Waals surface area contributed by atoms with E-state index in [0.29, 0.717) is 11.3 Å². The van der Waals surface area contributed by atoms with Crippen LogP contribution in [0.5, 0.6) is 5.75 Å². The summed E-state index contributed by atoms with van der Waals surface area (Å²) in [6.45, 7) is 0.0377. The van der Waals surface area contributed by atoms with Crippen LogP contribution in [0.4, 0.5) is 0 Å². The zero-order valence-corrected chi connectivity index (χ0v) is 8.41. The van der Waals surface area contributed by atoms with E-state index in [-0.39, 0.29) is 6.54 Å². The lowest BCUT2D eigenvalue weighted by Crippen LogP contribution is -2.21. The van der Waals surface area contributed by atoms with E-state index >= 15 is 0 Å². The average molecular weight is 217 g/mol. The van der Waals surface area contributed by atoms with Gasteiger partial charge in [0.1, 0.15) is 5.75 Å². The van der Waals surface area contributed by atoms with Crippen molar-refractivity contribution in [3.63, 3.8) is 0 Å². The summed E-state index contributed by atoms with van der Waals surface area (Å²) in [7, 11) is -2.61. The van der Waals surface area contributed by atoms with E-state index in [4.69, 9.17) is 9.29 Å². The zero-order chi connectivity index (χ0) is 10.6. The third-order valence-corrected chi connectivity index (χ3v) is 2.10. The smallest absolute Gasteiger partial charge is 0.333 e. The first-order chi connectivity index (χ1) is 6.51. The Hall–Kier alpha value is -1.11. The Kier molecular flexibility index (Phi) is 3.45. The molecule has 0 heterocycles. The summed E-state index contributed by atoms with van der Waals surface area (Å²) in [5.74, 6) is 0.639. The van der Waals surface area contributed by atoms with Crippen molar-refractivity contribution >= 4 is 10.3 Å². The van der Waals surface area contributed by atoms with Gasteiger partial charge in [0.2, 0.25) is 0 Å². The number of hydrogen-bond donors (Lipinski definition) is 2. The summed E-state index contributed by atoms with van der Waals surface area (Å²) in [5.41, 5.74) is 0.710. The molecule has 0 aliphatic rings. The maximum absolute atomic E-state index is 10.4. The lowest BCUT2D eigenvalue weighted by atomic mass is 10.2. The molecule has 1 aromatic carbocycles. The van der Waals surface area contributed by atoms with Crippen LogP contribution >= 0.6 is 0 Å². The molecule has 14 heavy (non-hydrogen) atoms. The first-order valence-electron chi connectivity index (χ1n) is 3.86. The van der Waals surface area contributed by atoms with Gasteiger partial charge in [0.05, 0.1) is 7.11 Å². The molecular formula is C8H11NO4S. The Morgan fingerprint density at radius 1 is 1.50 bits per heavy atom. The number of rotatable bonds is 4. The summed E-state index contributed by atoms with van der Waals surface area (Å²) in [6.07, 6.45) is 0. The van der Waals surface area contributed by atoms with Crippen LogP contribution in [0, 0.1) is 0 Å². The van der Waals surface area contributed by atoms with Crippen molar-refractivity contribution in [1.29, 1.82) is 0 Å². The summed E-state index contributed by atoms with van der Waals surface area (Å²) < 4.78 is 36.1. The van der Waals surface area contributed by atoms with Gasteiger partial charge < -0.3 is 4.74 Å². The minimum absolute atomic E-state index is 0.0377. The lowest BCUT2D eigenvalue weighted by molar-refractivity contribution is 0.414. The Bertz CT molecular complexity index is 402. The molecular weight excluding hydrogens is 206 g/mol. The molecule has 1 aromatic rings. The van der Waals surface area contributed by atoms with Crippen molar-refractivity contribution in [3.05, 3.63) is 29.8 Å². The Labute approximate surface area is 82.6 Å². The van der Waals surface area contributed by atoms with Crippen LogP contribution in [0.1, 0.15) is 5.56 Å². The lowest BCUT2D eigenvalue weighted by Gasteiger charge is -2.03. The largest absolute Gasteiger partial charge is 0.497 e. The molecule has 0 aromatic heterocycles. The van der Waals surface area contributed by atoms with Crippen LogP contribution in [0.25, 0.3) is 0 Å². The minimum Gasteiger partial charge on any atom is -0.497 e. The van der Waals surface area contributed by atoms with Gasteiger partial charge in [-0.15, -0.1) is 0 Å². The standard InChI is InChI=1S/C8H11NO4S/c1-13-8-4-2-3-7(5-8)6-9-14(10,11)12/h2-5,9H,6H2,1H3,(H,10,11,12). The molecule has 2 N–H and O–H groups in total. The van der Waals surface area contributed by atoms with Crippen LogP contribution in [0.15, 0.2) is 24.3 Å². The summed E-state index contributed by atoms with van der Waals surface area (Å²) in [5, 5.41) is 0. The minimum atomic E-state index is -4.13. The summed E-state index contributed by atoms with van der Waals surface area (Å²) >= 11 is 0. The predicted molar refractivity (Wildman–Crippen MR) is 51.4 cm³/mol. The van der Waals surface area contributed by atoms with Crippen LogP contribution in [0.2, 0.25) is 0 Å². The molecule has 0 spiro atoms. The van der Waals surface area contributed by atoms with E-state index in [2.05, 4.69) is 0 Å². The van der Waals surface area contributed by atoms with Crippen molar-refractivity contribution in [3.8, 4) is 5.75 Å². The molecule has 0 saturated carbocycles. The second kappa shape index (κ2) is 4.41. The number of hydrogen-bond acceptors (Lipinski definition) is 3. The Morgan fingerprint density at radius 2 is 2.21 bits per heavy atom. The Morgan fingerprint density at radius 3 is 2.79 bits per heavy atom. The summed E-state index contributed by atoms with van der Waals surface area (Å²) in [6, 6.07) is 6.88. The molecule has 0 unspecified atom stereocenters. The highest BCUT2D eigenvalue weighted by Gasteiger charge is 2.03. The fourth-order valence-corrected chi connectivity index (χ4v) is 1.31. The summed E-state index contributed by atoms with van der Waals surface area (Å²) in [4.78, 5) is 0. The molecule has 0 saturated heterocycles. The maximum atomic E-state index is 10.4. The van der Waals surface area contributed by atoms with Gasteiger partial charge in [-0.05, 0) is 17.7 Å². The van der Waals surface area contributed by atoms with Crippen LogP contribution in [-0.4, -0.2) is 20.1 Å². The highest BCUT2D eigenvalue weighted by molar-refractivity contribution is 7.83. The van der Waals surface area contributed by atoms with Crippen molar-refractivity contribution in [2.45, 2.75) is 6.54 Å².